The standard InChI is InChI=1S/C24H37/c1-2-3-4-5-6-7-8-9-10-11-12-13-14-15-16-18-21-24-22-19-17-20-23-24/h17,19-20,22-23H,1-2,5-16,18,21H2. The van der Waals surface area contributed by atoms with Crippen molar-refractivity contribution in [2.75, 3.05) is 0 Å². The van der Waals surface area contributed by atoms with Gasteiger partial charge in [-0.25, -0.2) is 0 Å². The molecule has 1 radical (unpaired) electrons. The molecule has 0 saturated heterocycles. The van der Waals surface area contributed by atoms with E-state index in [-0.39, 0.29) is 0 Å². The van der Waals surface area contributed by atoms with E-state index < -0.39 is 0 Å². The van der Waals surface area contributed by atoms with Gasteiger partial charge in [0.25, 0.3) is 0 Å². The Hall–Kier alpha value is -1.22. The van der Waals surface area contributed by atoms with Crippen LogP contribution in [0.5, 0.6) is 0 Å². The van der Waals surface area contributed by atoms with E-state index in [1.54, 1.807) is 0 Å². The lowest BCUT2D eigenvalue weighted by Crippen LogP contribution is -1.86. The van der Waals surface area contributed by atoms with Gasteiger partial charge in [-0.05, 0) is 31.7 Å². The van der Waals surface area contributed by atoms with Gasteiger partial charge >= 0.3 is 0 Å². The first-order valence-electron chi connectivity index (χ1n) is 10.2. The number of hydrogen-bond acceptors (Lipinski definition) is 0. The largest absolute Gasteiger partial charge is 0.103 e. The molecule has 1 aromatic rings. The van der Waals surface area contributed by atoms with Crippen molar-refractivity contribution in [3.63, 3.8) is 0 Å². The second-order valence-electron chi connectivity index (χ2n) is 6.83. The van der Waals surface area contributed by atoms with Crippen molar-refractivity contribution in [2.24, 2.45) is 0 Å². The molecule has 0 aliphatic heterocycles. The molecule has 0 heteroatoms. The third kappa shape index (κ3) is 13.2. The molecule has 0 amide bonds. The maximum atomic E-state index is 3.73. The van der Waals surface area contributed by atoms with Crippen LogP contribution in [0.1, 0.15) is 95.5 Å². The Kier molecular flexibility index (Phi) is 14.4. The van der Waals surface area contributed by atoms with Crippen LogP contribution in [-0.4, -0.2) is 0 Å². The Bertz CT molecular complexity index is 420. The molecule has 0 saturated carbocycles. The highest BCUT2D eigenvalue weighted by molar-refractivity contribution is 5.14. The van der Waals surface area contributed by atoms with E-state index in [2.05, 4.69) is 49.1 Å². The van der Waals surface area contributed by atoms with Gasteiger partial charge in [0.05, 0.1) is 0 Å². The van der Waals surface area contributed by atoms with Gasteiger partial charge in [0.15, 0.2) is 0 Å². The number of rotatable bonds is 14. The number of benzene rings is 1. The summed E-state index contributed by atoms with van der Waals surface area (Å²) >= 11 is 0. The maximum Gasteiger partial charge on any atom is 0.00890 e. The van der Waals surface area contributed by atoms with Crippen LogP contribution < -0.4 is 0 Å². The summed E-state index contributed by atoms with van der Waals surface area (Å²) in [7, 11) is 0. The average Bonchev–Trinajstić information content (AvgIpc) is 2.62. The molecule has 0 aliphatic rings. The number of unbranched alkanes of at least 4 members (excludes halogenated alkanes) is 12. The summed E-state index contributed by atoms with van der Waals surface area (Å²) in [6.07, 6.45) is 19.8. The molecule has 133 valence electrons. The van der Waals surface area contributed by atoms with E-state index in [4.69, 9.17) is 0 Å². The van der Waals surface area contributed by atoms with Crippen LogP contribution in [0.25, 0.3) is 0 Å². The summed E-state index contributed by atoms with van der Waals surface area (Å²) in [5, 5.41) is 0. The van der Waals surface area contributed by atoms with E-state index >= 15 is 0 Å². The summed E-state index contributed by atoms with van der Waals surface area (Å²) in [6, 6.07) is 10.9. The zero-order valence-electron chi connectivity index (χ0n) is 15.7. The minimum Gasteiger partial charge on any atom is -0.103 e. The summed E-state index contributed by atoms with van der Waals surface area (Å²) < 4.78 is 0. The number of aryl methyl sites for hydroxylation is 1. The molecule has 0 nitrogen and oxygen atoms in total. The summed E-state index contributed by atoms with van der Waals surface area (Å²) in [6.45, 7) is 3.73. The Morgan fingerprint density at radius 3 is 1.62 bits per heavy atom. The van der Waals surface area contributed by atoms with Gasteiger partial charge in [-0.1, -0.05) is 94.5 Å². The van der Waals surface area contributed by atoms with Crippen molar-refractivity contribution in [1.82, 2.24) is 0 Å². The van der Waals surface area contributed by atoms with Crippen LogP contribution in [0.2, 0.25) is 0 Å². The molecule has 1 aromatic carbocycles. The molecule has 0 aromatic heterocycles. The second-order valence-corrected chi connectivity index (χ2v) is 6.83. The Labute approximate surface area is 151 Å². The first kappa shape index (κ1) is 20.8. The van der Waals surface area contributed by atoms with Crippen molar-refractivity contribution in [3.8, 4) is 11.8 Å². The highest BCUT2D eigenvalue weighted by atomic mass is 14.0. The average molecular weight is 326 g/mol. The van der Waals surface area contributed by atoms with Gasteiger partial charge in [-0.3, -0.25) is 0 Å². The molecule has 24 heavy (non-hydrogen) atoms. The van der Waals surface area contributed by atoms with E-state index in [0.717, 1.165) is 12.8 Å². The van der Waals surface area contributed by atoms with Crippen LogP contribution in [0.3, 0.4) is 0 Å². The van der Waals surface area contributed by atoms with Crippen LogP contribution in [0.15, 0.2) is 30.3 Å². The van der Waals surface area contributed by atoms with Crippen molar-refractivity contribution in [1.29, 1.82) is 0 Å². The molecule has 0 heterocycles. The van der Waals surface area contributed by atoms with Gasteiger partial charge < -0.3 is 0 Å². The summed E-state index contributed by atoms with van der Waals surface area (Å²) in [5.74, 6) is 6.21. The number of hydrogen-bond donors (Lipinski definition) is 0. The molecule has 1 rings (SSSR count). The lowest BCUT2D eigenvalue weighted by atomic mass is 10.0. The van der Waals surface area contributed by atoms with Gasteiger partial charge in [-0.15, -0.1) is 11.8 Å². The molecule has 0 unspecified atom stereocenters. The third-order valence-corrected chi connectivity index (χ3v) is 4.61. The van der Waals surface area contributed by atoms with Crippen LogP contribution >= 0.6 is 0 Å². The monoisotopic (exact) mass is 325 g/mol. The second kappa shape index (κ2) is 16.6. The van der Waals surface area contributed by atoms with Crippen molar-refractivity contribution >= 4 is 0 Å². The quantitative estimate of drug-likeness (QED) is 0.245. The van der Waals surface area contributed by atoms with E-state index in [1.807, 2.05) is 0 Å². The van der Waals surface area contributed by atoms with Crippen LogP contribution in [0, 0.1) is 18.8 Å². The molecule has 0 bridgehead atoms. The SMILES string of the molecule is [CH2]CC#CCCCCCCCCCCCCCCc1ccccc1. The van der Waals surface area contributed by atoms with E-state index in [0.29, 0.717) is 0 Å². The third-order valence-electron chi connectivity index (χ3n) is 4.61. The molecule has 0 N–H and O–H groups in total. The fourth-order valence-electron chi connectivity index (χ4n) is 3.13. The Morgan fingerprint density at radius 2 is 1.08 bits per heavy atom. The minimum atomic E-state index is 0.757. The topological polar surface area (TPSA) is 0 Å². The Morgan fingerprint density at radius 1 is 0.583 bits per heavy atom. The molecule has 0 fully saturated rings. The summed E-state index contributed by atoms with van der Waals surface area (Å²) in [4.78, 5) is 0. The van der Waals surface area contributed by atoms with Crippen LogP contribution in [-0.2, 0) is 6.42 Å². The summed E-state index contributed by atoms with van der Waals surface area (Å²) in [5.41, 5.74) is 1.49. The predicted molar refractivity (Wildman–Crippen MR) is 108 cm³/mol. The smallest absolute Gasteiger partial charge is 0.00890 e. The Balaban J connectivity index is 1.73. The molecular formula is C24H37. The first-order valence-corrected chi connectivity index (χ1v) is 10.2. The van der Waals surface area contributed by atoms with Gasteiger partial charge in [-0.2, -0.15) is 0 Å². The van der Waals surface area contributed by atoms with Crippen molar-refractivity contribution in [3.05, 3.63) is 42.8 Å². The van der Waals surface area contributed by atoms with E-state index in [9.17, 15) is 0 Å². The lowest BCUT2D eigenvalue weighted by Gasteiger charge is -2.03. The van der Waals surface area contributed by atoms with Crippen molar-refractivity contribution in [2.45, 2.75) is 96.3 Å². The molecular weight excluding hydrogens is 288 g/mol. The highest BCUT2D eigenvalue weighted by Crippen LogP contribution is 2.13. The van der Waals surface area contributed by atoms with Crippen LogP contribution in [0.4, 0.5) is 0 Å². The van der Waals surface area contributed by atoms with Crippen molar-refractivity contribution < 1.29 is 0 Å². The fraction of sp³-hybridized carbons (Fsp3) is 0.625. The molecule has 0 atom stereocenters. The normalized spacial score (nSPS) is 10.4. The van der Waals surface area contributed by atoms with E-state index in [1.165, 1.54) is 89.0 Å². The van der Waals surface area contributed by atoms with Gasteiger partial charge in [0.1, 0.15) is 0 Å². The first-order chi connectivity index (χ1) is 11.9. The lowest BCUT2D eigenvalue weighted by molar-refractivity contribution is 0.542. The fourth-order valence-corrected chi connectivity index (χ4v) is 3.13. The zero-order valence-corrected chi connectivity index (χ0v) is 15.7. The zero-order chi connectivity index (χ0) is 17.1. The molecule has 0 aliphatic carbocycles. The maximum absolute atomic E-state index is 3.73. The van der Waals surface area contributed by atoms with Gasteiger partial charge in [0.2, 0.25) is 0 Å². The molecule has 0 spiro atoms. The van der Waals surface area contributed by atoms with Gasteiger partial charge in [0, 0.05) is 12.8 Å². The minimum absolute atomic E-state index is 0.757. The predicted octanol–water partition coefficient (Wildman–Crippen LogP) is 7.53. The highest BCUT2D eigenvalue weighted by Gasteiger charge is 1.95.